The number of benzene rings is 3. The van der Waals surface area contributed by atoms with E-state index >= 15 is 0 Å². The molecule has 3 N–H and O–H groups in total. The van der Waals surface area contributed by atoms with E-state index in [-0.39, 0.29) is 42.7 Å². The third-order valence-corrected chi connectivity index (χ3v) is 7.31. The number of carbonyl (C=O) groups excluding carboxylic acids is 4. The summed E-state index contributed by atoms with van der Waals surface area (Å²) in [4.78, 5) is 53.2. The number of hydrogen-bond donors (Lipinski definition) is 2. The van der Waals surface area contributed by atoms with Gasteiger partial charge in [0.2, 0.25) is 5.91 Å². The van der Waals surface area contributed by atoms with E-state index in [2.05, 4.69) is 5.32 Å². The molecule has 0 bridgehead atoms. The van der Waals surface area contributed by atoms with Crippen molar-refractivity contribution in [3.63, 3.8) is 0 Å². The summed E-state index contributed by atoms with van der Waals surface area (Å²) >= 11 is 1.29. The van der Waals surface area contributed by atoms with Gasteiger partial charge in [0, 0.05) is 39.9 Å². The number of anilines is 1. The summed E-state index contributed by atoms with van der Waals surface area (Å²) < 4.78 is 0. The SMILES string of the molecule is Cc1sc(NC(=O)CCCN2C(=O)c3cccc4cccc(c34)C2=O)c(C(N)=O)c1-c1ccccc1. The second kappa shape index (κ2) is 9.39. The summed E-state index contributed by atoms with van der Waals surface area (Å²) in [6, 6.07) is 20.2. The third-order valence-electron chi connectivity index (χ3n) is 6.29. The molecule has 0 aliphatic carbocycles. The van der Waals surface area contributed by atoms with Crippen LogP contribution in [0, 0.1) is 6.92 Å². The first-order valence-corrected chi connectivity index (χ1v) is 12.3. The van der Waals surface area contributed by atoms with Crippen molar-refractivity contribution >= 4 is 50.7 Å². The van der Waals surface area contributed by atoms with Gasteiger partial charge in [0.1, 0.15) is 5.00 Å². The van der Waals surface area contributed by atoms with Crippen molar-refractivity contribution in [1.29, 1.82) is 0 Å². The van der Waals surface area contributed by atoms with Crippen molar-refractivity contribution in [2.24, 2.45) is 5.73 Å². The summed E-state index contributed by atoms with van der Waals surface area (Å²) in [5.74, 6) is -1.66. The lowest BCUT2D eigenvalue weighted by molar-refractivity contribution is -0.116. The minimum Gasteiger partial charge on any atom is -0.365 e. The fourth-order valence-corrected chi connectivity index (χ4v) is 5.79. The van der Waals surface area contributed by atoms with Crippen LogP contribution < -0.4 is 11.1 Å². The highest BCUT2D eigenvalue weighted by molar-refractivity contribution is 7.17. The molecule has 0 saturated heterocycles. The number of nitrogens with one attached hydrogen (secondary N) is 1. The van der Waals surface area contributed by atoms with E-state index in [1.165, 1.54) is 16.2 Å². The normalized spacial score (nSPS) is 12.8. The molecule has 36 heavy (non-hydrogen) atoms. The smallest absolute Gasteiger partial charge is 0.261 e. The predicted octanol–water partition coefficient (Wildman–Crippen LogP) is 4.99. The van der Waals surface area contributed by atoms with Crippen LogP contribution in [0.25, 0.3) is 21.9 Å². The largest absolute Gasteiger partial charge is 0.365 e. The molecule has 1 aliphatic rings. The van der Waals surface area contributed by atoms with E-state index in [1.54, 1.807) is 24.3 Å². The van der Waals surface area contributed by atoms with Gasteiger partial charge in [-0.2, -0.15) is 0 Å². The second-order valence-electron chi connectivity index (χ2n) is 8.59. The lowest BCUT2D eigenvalue weighted by Gasteiger charge is -2.27. The van der Waals surface area contributed by atoms with Gasteiger partial charge >= 0.3 is 0 Å². The number of nitrogens with zero attached hydrogens (tertiary/aromatic N) is 1. The molecule has 1 aromatic heterocycles. The van der Waals surface area contributed by atoms with Gasteiger partial charge in [0.25, 0.3) is 17.7 Å². The molecule has 0 saturated carbocycles. The highest BCUT2D eigenvalue weighted by Gasteiger charge is 2.32. The molecule has 4 amide bonds. The highest BCUT2D eigenvalue weighted by atomic mass is 32.1. The van der Waals surface area contributed by atoms with Crippen LogP contribution in [-0.4, -0.2) is 35.1 Å². The lowest BCUT2D eigenvalue weighted by Crippen LogP contribution is -2.41. The Morgan fingerprint density at radius 3 is 2.17 bits per heavy atom. The number of hydrogen-bond acceptors (Lipinski definition) is 5. The van der Waals surface area contributed by atoms with E-state index in [0.29, 0.717) is 27.1 Å². The summed E-state index contributed by atoms with van der Waals surface area (Å²) in [7, 11) is 0. The van der Waals surface area contributed by atoms with Crippen LogP contribution in [0.1, 0.15) is 48.8 Å². The molecule has 0 unspecified atom stereocenters. The molecule has 0 spiro atoms. The van der Waals surface area contributed by atoms with E-state index in [4.69, 9.17) is 5.73 Å². The number of rotatable bonds is 7. The van der Waals surface area contributed by atoms with Gasteiger partial charge in [0.05, 0.1) is 5.56 Å². The van der Waals surface area contributed by atoms with Crippen LogP contribution in [0.15, 0.2) is 66.7 Å². The van der Waals surface area contributed by atoms with Crippen molar-refractivity contribution < 1.29 is 19.2 Å². The zero-order valence-corrected chi connectivity index (χ0v) is 20.4. The quantitative estimate of drug-likeness (QED) is 0.351. The standard InChI is InChI=1S/C28H23N3O4S/c1-16-22(17-8-3-2-4-9-17)24(25(29)33)26(36-16)30-21(32)14-7-15-31-27(34)19-12-5-10-18-11-6-13-20(23(18)19)28(31)35/h2-6,8-13H,7,14-15H2,1H3,(H2,29,33)(H,30,32). The minimum atomic E-state index is -0.620. The number of amides is 4. The molecule has 0 atom stereocenters. The third kappa shape index (κ3) is 4.05. The molecule has 3 aromatic carbocycles. The van der Waals surface area contributed by atoms with Gasteiger partial charge < -0.3 is 11.1 Å². The predicted molar refractivity (Wildman–Crippen MR) is 140 cm³/mol. The molecule has 1 aliphatic heterocycles. The molecule has 2 heterocycles. The van der Waals surface area contributed by atoms with E-state index in [9.17, 15) is 19.2 Å². The number of thiophene rings is 1. The molecular formula is C28H23N3O4S. The van der Waals surface area contributed by atoms with Crippen LogP contribution in [-0.2, 0) is 4.79 Å². The molecule has 180 valence electrons. The Labute approximate surface area is 211 Å². The Balaban J connectivity index is 1.29. The lowest BCUT2D eigenvalue weighted by atomic mass is 9.94. The summed E-state index contributed by atoms with van der Waals surface area (Å²) in [5.41, 5.74) is 8.48. The van der Waals surface area contributed by atoms with Gasteiger partial charge in [-0.1, -0.05) is 54.6 Å². The maximum atomic E-state index is 13.0. The Morgan fingerprint density at radius 1 is 0.917 bits per heavy atom. The number of carbonyl (C=O) groups is 4. The summed E-state index contributed by atoms with van der Waals surface area (Å²) in [5, 5.41) is 4.72. The number of aryl methyl sites for hydroxylation is 1. The monoisotopic (exact) mass is 497 g/mol. The first kappa shape index (κ1) is 23.4. The van der Waals surface area contributed by atoms with Crippen molar-refractivity contribution in [3.05, 3.63) is 88.3 Å². The zero-order chi connectivity index (χ0) is 25.4. The van der Waals surface area contributed by atoms with Crippen molar-refractivity contribution in [1.82, 2.24) is 4.90 Å². The van der Waals surface area contributed by atoms with Crippen LogP contribution in [0.2, 0.25) is 0 Å². The van der Waals surface area contributed by atoms with Crippen LogP contribution in [0.5, 0.6) is 0 Å². The first-order valence-electron chi connectivity index (χ1n) is 11.5. The van der Waals surface area contributed by atoms with Crippen molar-refractivity contribution in [2.75, 3.05) is 11.9 Å². The molecule has 7 nitrogen and oxygen atoms in total. The van der Waals surface area contributed by atoms with Crippen LogP contribution >= 0.6 is 11.3 Å². The van der Waals surface area contributed by atoms with Gasteiger partial charge in [-0.05, 0) is 36.4 Å². The Morgan fingerprint density at radius 2 is 1.56 bits per heavy atom. The fraction of sp³-hybridized carbons (Fsp3) is 0.143. The van der Waals surface area contributed by atoms with Crippen LogP contribution in [0.3, 0.4) is 0 Å². The maximum Gasteiger partial charge on any atom is 0.261 e. The maximum absolute atomic E-state index is 13.0. The number of nitrogens with two attached hydrogens (primary N) is 1. The van der Waals surface area contributed by atoms with Gasteiger partial charge in [-0.25, -0.2) is 0 Å². The second-order valence-corrected chi connectivity index (χ2v) is 9.82. The van der Waals surface area contributed by atoms with E-state index in [1.807, 2.05) is 49.4 Å². The van der Waals surface area contributed by atoms with Gasteiger partial charge in [-0.15, -0.1) is 11.3 Å². The number of imide groups is 1. The topological polar surface area (TPSA) is 110 Å². The Hall–Kier alpha value is -4.30. The van der Waals surface area contributed by atoms with Gasteiger partial charge in [-0.3, -0.25) is 24.1 Å². The van der Waals surface area contributed by atoms with Crippen molar-refractivity contribution in [2.45, 2.75) is 19.8 Å². The molecule has 0 fully saturated rings. The average molecular weight is 498 g/mol. The Bertz CT molecular complexity index is 1490. The first-order chi connectivity index (χ1) is 17.4. The summed E-state index contributed by atoms with van der Waals surface area (Å²) in [6.07, 6.45) is 0.349. The zero-order valence-electron chi connectivity index (χ0n) is 19.5. The average Bonchev–Trinajstić information content (AvgIpc) is 3.20. The fourth-order valence-electron chi connectivity index (χ4n) is 4.69. The minimum absolute atomic E-state index is 0.0682. The van der Waals surface area contributed by atoms with Gasteiger partial charge in [0.15, 0.2) is 0 Å². The molecule has 8 heteroatoms. The molecular weight excluding hydrogens is 474 g/mol. The summed E-state index contributed by atoms with van der Waals surface area (Å²) in [6.45, 7) is 1.98. The molecule has 5 rings (SSSR count). The van der Waals surface area contributed by atoms with Crippen LogP contribution in [0.4, 0.5) is 5.00 Å². The van der Waals surface area contributed by atoms with E-state index < -0.39 is 5.91 Å². The van der Waals surface area contributed by atoms with E-state index in [0.717, 1.165) is 15.8 Å². The highest BCUT2D eigenvalue weighted by Crippen LogP contribution is 2.39. The molecule has 4 aromatic rings. The number of primary amides is 1. The Kier molecular flexibility index (Phi) is 6.12. The van der Waals surface area contributed by atoms with Crippen molar-refractivity contribution in [3.8, 4) is 11.1 Å². The molecule has 0 radical (unpaired) electrons.